The molecule has 7 nitrogen and oxygen atoms in total. The van der Waals surface area contributed by atoms with Crippen LogP contribution in [0, 0.1) is 18.6 Å². The van der Waals surface area contributed by atoms with E-state index in [0.717, 1.165) is 30.8 Å². The van der Waals surface area contributed by atoms with Crippen LogP contribution in [0.4, 0.5) is 20.4 Å². The Kier molecular flexibility index (Phi) is 4.50. The Labute approximate surface area is 171 Å². The van der Waals surface area contributed by atoms with Gasteiger partial charge >= 0.3 is 0 Å². The minimum atomic E-state index is -0.429. The van der Waals surface area contributed by atoms with E-state index in [1.165, 1.54) is 29.2 Å². The SMILES string of the molecule is Cc1ncnn1-c1ccc(Nc2nc3n(n2)CCC[C@@H]3c2ccc(F)cc2)cc1F. The van der Waals surface area contributed by atoms with Gasteiger partial charge in [0, 0.05) is 18.2 Å². The number of fused-ring (bicyclic) bond motifs is 1. The Morgan fingerprint density at radius 1 is 1.10 bits per heavy atom. The quantitative estimate of drug-likeness (QED) is 0.551. The second-order valence-corrected chi connectivity index (χ2v) is 7.27. The summed E-state index contributed by atoms with van der Waals surface area (Å²) in [4.78, 5) is 8.66. The van der Waals surface area contributed by atoms with Crippen LogP contribution in [0.2, 0.25) is 0 Å². The van der Waals surface area contributed by atoms with Gasteiger partial charge in [-0.25, -0.2) is 23.1 Å². The van der Waals surface area contributed by atoms with E-state index in [-0.39, 0.29) is 11.7 Å². The van der Waals surface area contributed by atoms with Crippen LogP contribution in [0.5, 0.6) is 0 Å². The fourth-order valence-electron chi connectivity index (χ4n) is 3.84. The molecular formula is C21H19F2N7. The Morgan fingerprint density at radius 3 is 2.67 bits per heavy atom. The number of aryl methyl sites for hydroxylation is 2. The average Bonchev–Trinajstić information content (AvgIpc) is 3.34. The van der Waals surface area contributed by atoms with Gasteiger partial charge in [-0.15, -0.1) is 5.10 Å². The average molecular weight is 407 g/mol. The minimum Gasteiger partial charge on any atom is -0.323 e. The molecule has 3 heterocycles. The van der Waals surface area contributed by atoms with Crippen LogP contribution in [0.15, 0.2) is 48.8 Å². The van der Waals surface area contributed by atoms with Crippen LogP contribution in [0.3, 0.4) is 0 Å². The predicted molar refractivity (Wildman–Crippen MR) is 107 cm³/mol. The summed E-state index contributed by atoms with van der Waals surface area (Å²) < 4.78 is 31.2. The lowest BCUT2D eigenvalue weighted by molar-refractivity contribution is 0.446. The summed E-state index contributed by atoms with van der Waals surface area (Å²) in [7, 11) is 0. The maximum absolute atomic E-state index is 14.6. The third-order valence-corrected chi connectivity index (χ3v) is 5.30. The molecule has 0 saturated carbocycles. The van der Waals surface area contributed by atoms with Crippen LogP contribution < -0.4 is 5.32 Å². The fraction of sp³-hybridized carbons (Fsp3) is 0.238. The zero-order valence-corrected chi connectivity index (χ0v) is 16.3. The van der Waals surface area contributed by atoms with Crippen LogP contribution >= 0.6 is 0 Å². The third kappa shape index (κ3) is 3.32. The lowest BCUT2D eigenvalue weighted by Gasteiger charge is -2.22. The molecule has 9 heteroatoms. The number of aromatic nitrogens is 6. The summed E-state index contributed by atoms with van der Waals surface area (Å²) in [6, 6.07) is 11.3. The summed E-state index contributed by atoms with van der Waals surface area (Å²) in [6.45, 7) is 2.52. The molecule has 2 aromatic carbocycles. The van der Waals surface area contributed by atoms with Gasteiger partial charge in [0.2, 0.25) is 5.95 Å². The van der Waals surface area contributed by atoms with E-state index in [1.54, 1.807) is 31.2 Å². The molecule has 0 bridgehead atoms. The van der Waals surface area contributed by atoms with E-state index in [1.807, 2.05) is 4.68 Å². The Morgan fingerprint density at radius 2 is 1.93 bits per heavy atom. The summed E-state index contributed by atoms with van der Waals surface area (Å²) in [5.74, 6) is 1.20. The van der Waals surface area contributed by atoms with E-state index in [0.29, 0.717) is 23.1 Å². The molecule has 1 aliphatic heterocycles. The van der Waals surface area contributed by atoms with E-state index in [9.17, 15) is 8.78 Å². The monoisotopic (exact) mass is 407 g/mol. The van der Waals surface area contributed by atoms with Crippen LogP contribution in [0.25, 0.3) is 5.69 Å². The van der Waals surface area contributed by atoms with Gasteiger partial charge in [0.25, 0.3) is 0 Å². The number of rotatable bonds is 4. The maximum Gasteiger partial charge on any atom is 0.246 e. The molecule has 1 atom stereocenters. The third-order valence-electron chi connectivity index (χ3n) is 5.30. The van der Waals surface area contributed by atoms with E-state index >= 15 is 0 Å². The first-order valence-corrected chi connectivity index (χ1v) is 9.72. The van der Waals surface area contributed by atoms with Crippen molar-refractivity contribution < 1.29 is 8.78 Å². The largest absolute Gasteiger partial charge is 0.323 e. The zero-order chi connectivity index (χ0) is 20.7. The molecule has 0 amide bonds. The molecule has 0 unspecified atom stereocenters. The number of halogens is 2. The molecule has 152 valence electrons. The highest BCUT2D eigenvalue weighted by molar-refractivity contribution is 5.56. The maximum atomic E-state index is 14.6. The minimum absolute atomic E-state index is 0.0526. The molecule has 1 aliphatic rings. The highest BCUT2D eigenvalue weighted by atomic mass is 19.1. The van der Waals surface area contributed by atoms with Crippen molar-refractivity contribution in [2.75, 3.05) is 5.32 Å². The summed E-state index contributed by atoms with van der Waals surface area (Å²) in [5, 5.41) is 11.6. The molecule has 4 aromatic rings. The first-order chi connectivity index (χ1) is 14.6. The molecule has 1 N–H and O–H groups in total. The highest BCUT2D eigenvalue weighted by Crippen LogP contribution is 2.33. The lowest BCUT2D eigenvalue weighted by atomic mass is 9.91. The number of nitrogens with one attached hydrogen (secondary N) is 1. The first kappa shape index (κ1) is 18.4. The van der Waals surface area contributed by atoms with Gasteiger partial charge in [-0.2, -0.15) is 10.1 Å². The van der Waals surface area contributed by atoms with Gasteiger partial charge in [0.15, 0.2) is 5.82 Å². The topological polar surface area (TPSA) is 73.5 Å². The lowest BCUT2D eigenvalue weighted by Crippen LogP contribution is -2.17. The molecule has 0 saturated heterocycles. The summed E-state index contributed by atoms with van der Waals surface area (Å²) >= 11 is 0. The van der Waals surface area contributed by atoms with Crippen molar-refractivity contribution in [2.45, 2.75) is 32.2 Å². The van der Waals surface area contributed by atoms with Crippen LogP contribution in [-0.4, -0.2) is 29.5 Å². The second-order valence-electron chi connectivity index (χ2n) is 7.27. The van der Waals surface area contributed by atoms with Gasteiger partial charge < -0.3 is 5.32 Å². The van der Waals surface area contributed by atoms with Crippen molar-refractivity contribution in [2.24, 2.45) is 0 Å². The Bertz CT molecular complexity index is 1200. The summed E-state index contributed by atoms with van der Waals surface area (Å²) in [6.07, 6.45) is 3.26. The zero-order valence-electron chi connectivity index (χ0n) is 16.3. The number of hydrogen-bond acceptors (Lipinski definition) is 5. The van der Waals surface area contributed by atoms with Crippen molar-refractivity contribution in [1.29, 1.82) is 0 Å². The van der Waals surface area contributed by atoms with Crippen molar-refractivity contribution in [3.8, 4) is 5.69 Å². The number of hydrogen-bond donors (Lipinski definition) is 1. The van der Waals surface area contributed by atoms with Gasteiger partial charge in [0.1, 0.15) is 29.5 Å². The number of nitrogens with zero attached hydrogens (tertiary/aromatic N) is 6. The van der Waals surface area contributed by atoms with Gasteiger partial charge in [-0.3, -0.25) is 0 Å². The first-order valence-electron chi connectivity index (χ1n) is 9.72. The Hall–Kier alpha value is -3.62. The molecule has 5 rings (SSSR count). The van der Waals surface area contributed by atoms with Crippen molar-refractivity contribution in [1.82, 2.24) is 29.5 Å². The van der Waals surface area contributed by atoms with Crippen molar-refractivity contribution >= 4 is 11.6 Å². The second kappa shape index (κ2) is 7.33. The van der Waals surface area contributed by atoms with Crippen molar-refractivity contribution in [3.63, 3.8) is 0 Å². The molecule has 0 radical (unpaired) electrons. The van der Waals surface area contributed by atoms with Gasteiger partial charge in [-0.05, 0) is 55.7 Å². The van der Waals surface area contributed by atoms with Gasteiger partial charge in [-0.1, -0.05) is 12.1 Å². The molecular weight excluding hydrogens is 388 g/mol. The highest BCUT2D eigenvalue weighted by Gasteiger charge is 2.26. The molecule has 0 fully saturated rings. The number of anilines is 2. The predicted octanol–water partition coefficient (Wildman–Crippen LogP) is 4.11. The van der Waals surface area contributed by atoms with E-state index in [2.05, 4.69) is 25.5 Å². The standard InChI is InChI=1S/C21H19F2N7/c1-13-24-12-25-30(13)19-9-8-16(11-18(19)23)26-21-27-20-17(3-2-10-29(20)28-21)14-4-6-15(22)7-5-14/h4-9,11-12,17H,2-3,10H2,1H3,(H,26,28)/t17-/m1/s1. The normalized spacial score (nSPS) is 15.8. The Balaban J connectivity index is 1.41. The van der Waals surface area contributed by atoms with E-state index in [4.69, 9.17) is 0 Å². The smallest absolute Gasteiger partial charge is 0.246 e. The van der Waals surface area contributed by atoms with Gasteiger partial charge in [0.05, 0.1) is 0 Å². The molecule has 0 aliphatic carbocycles. The number of benzene rings is 2. The van der Waals surface area contributed by atoms with Crippen molar-refractivity contribution in [3.05, 3.63) is 77.6 Å². The van der Waals surface area contributed by atoms with E-state index < -0.39 is 5.82 Å². The molecule has 2 aromatic heterocycles. The molecule has 30 heavy (non-hydrogen) atoms. The fourth-order valence-corrected chi connectivity index (χ4v) is 3.84. The summed E-state index contributed by atoms with van der Waals surface area (Å²) in [5.41, 5.74) is 1.87. The van der Waals surface area contributed by atoms with Crippen LogP contribution in [0.1, 0.15) is 36.0 Å². The van der Waals surface area contributed by atoms with Crippen LogP contribution in [-0.2, 0) is 6.54 Å². The molecule has 0 spiro atoms.